The van der Waals surface area contributed by atoms with Gasteiger partial charge in [0.05, 0.1) is 5.56 Å². The Morgan fingerprint density at radius 1 is 1.27 bits per heavy atom. The summed E-state index contributed by atoms with van der Waals surface area (Å²) in [6, 6.07) is 4.70. The number of carbonyl (C=O) groups excluding carboxylic acids is 1. The van der Waals surface area contributed by atoms with E-state index < -0.39 is 17.7 Å². The third-order valence-corrected chi connectivity index (χ3v) is 2.65. The minimum absolute atomic E-state index is 0.00690. The van der Waals surface area contributed by atoms with E-state index in [9.17, 15) is 18.0 Å². The summed E-state index contributed by atoms with van der Waals surface area (Å²) in [6.45, 7) is 1.29. The van der Waals surface area contributed by atoms with Gasteiger partial charge < -0.3 is 9.15 Å². The highest BCUT2D eigenvalue weighted by atomic mass is 19.4. The summed E-state index contributed by atoms with van der Waals surface area (Å²) in [7, 11) is 0. The predicted octanol–water partition coefficient (Wildman–Crippen LogP) is 3.93. The number of aromatic nitrogens is 1. The van der Waals surface area contributed by atoms with Gasteiger partial charge in [0.25, 0.3) is 0 Å². The van der Waals surface area contributed by atoms with Crippen molar-refractivity contribution in [1.82, 2.24) is 4.98 Å². The molecule has 4 nitrogen and oxygen atoms in total. The van der Waals surface area contributed by atoms with Crippen molar-refractivity contribution in [2.75, 3.05) is 0 Å². The summed E-state index contributed by atoms with van der Waals surface area (Å²) in [4.78, 5) is 14.7. The van der Waals surface area contributed by atoms with Gasteiger partial charge in [0, 0.05) is 13.0 Å². The minimum Gasteiger partial charge on any atom is -0.459 e. The number of hydrogen-bond donors (Lipinski definition) is 0. The van der Waals surface area contributed by atoms with Crippen molar-refractivity contribution in [2.24, 2.45) is 0 Å². The molecule has 0 fully saturated rings. The SMILES string of the molecule is CC(=O)OCc1coc(C=Cc2ccc(C(F)(F)F)cc2)n1. The molecule has 0 unspecified atom stereocenters. The predicted molar refractivity (Wildman–Crippen MR) is 72.3 cm³/mol. The number of alkyl halides is 3. The highest BCUT2D eigenvalue weighted by Crippen LogP contribution is 2.29. The van der Waals surface area contributed by atoms with E-state index in [0.29, 0.717) is 11.3 Å². The van der Waals surface area contributed by atoms with Crippen LogP contribution in [0.3, 0.4) is 0 Å². The summed E-state index contributed by atoms with van der Waals surface area (Å²) in [6.07, 6.45) is 0.0766. The van der Waals surface area contributed by atoms with Crippen LogP contribution in [0.5, 0.6) is 0 Å². The van der Waals surface area contributed by atoms with Gasteiger partial charge in [-0.15, -0.1) is 0 Å². The molecule has 0 aliphatic rings. The van der Waals surface area contributed by atoms with Crippen LogP contribution in [0.1, 0.15) is 29.6 Å². The van der Waals surface area contributed by atoms with Crippen molar-refractivity contribution in [1.29, 1.82) is 0 Å². The first kappa shape index (κ1) is 15.8. The maximum Gasteiger partial charge on any atom is 0.416 e. The molecule has 1 aromatic carbocycles. The Balaban J connectivity index is 2.01. The highest BCUT2D eigenvalue weighted by Gasteiger charge is 2.29. The van der Waals surface area contributed by atoms with Crippen LogP contribution in [0.15, 0.2) is 34.9 Å². The van der Waals surface area contributed by atoms with Crippen LogP contribution in [0.25, 0.3) is 12.2 Å². The van der Waals surface area contributed by atoms with Gasteiger partial charge in [0.1, 0.15) is 18.6 Å². The molecule has 0 amide bonds. The number of oxazole rings is 1. The summed E-state index contributed by atoms with van der Waals surface area (Å²) in [5.41, 5.74) is 0.319. The lowest BCUT2D eigenvalue weighted by molar-refractivity contribution is -0.142. The highest BCUT2D eigenvalue weighted by molar-refractivity contribution is 5.66. The molecular weight excluding hydrogens is 299 g/mol. The van der Waals surface area contributed by atoms with Crippen molar-refractivity contribution in [3.8, 4) is 0 Å². The van der Waals surface area contributed by atoms with E-state index in [4.69, 9.17) is 9.15 Å². The first-order valence-corrected chi connectivity index (χ1v) is 6.28. The minimum atomic E-state index is -4.35. The van der Waals surface area contributed by atoms with Crippen LogP contribution in [0.4, 0.5) is 13.2 Å². The van der Waals surface area contributed by atoms with Gasteiger partial charge in [0.15, 0.2) is 0 Å². The molecule has 0 atom stereocenters. The van der Waals surface area contributed by atoms with E-state index >= 15 is 0 Å². The number of benzene rings is 1. The molecule has 116 valence electrons. The molecule has 0 saturated carbocycles. The fourth-order valence-corrected chi connectivity index (χ4v) is 1.59. The zero-order chi connectivity index (χ0) is 16.2. The van der Waals surface area contributed by atoms with Gasteiger partial charge in [-0.1, -0.05) is 12.1 Å². The Kier molecular flexibility index (Phi) is 4.65. The molecule has 22 heavy (non-hydrogen) atoms. The summed E-state index contributed by atoms with van der Waals surface area (Å²) in [5, 5.41) is 0. The number of rotatable bonds is 4. The van der Waals surface area contributed by atoms with Crippen LogP contribution in [-0.2, 0) is 22.3 Å². The molecule has 0 N–H and O–H groups in total. The lowest BCUT2D eigenvalue weighted by Crippen LogP contribution is -2.03. The van der Waals surface area contributed by atoms with Crippen molar-refractivity contribution in [2.45, 2.75) is 19.7 Å². The van der Waals surface area contributed by atoms with Crippen molar-refractivity contribution in [3.05, 3.63) is 53.2 Å². The molecule has 7 heteroatoms. The van der Waals surface area contributed by atoms with E-state index in [1.54, 1.807) is 6.08 Å². The molecule has 0 saturated heterocycles. The first-order valence-electron chi connectivity index (χ1n) is 6.28. The second kappa shape index (κ2) is 6.46. The Morgan fingerprint density at radius 2 is 1.95 bits per heavy atom. The summed E-state index contributed by atoms with van der Waals surface area (Å²) < 4.78 is 47.2. The van der Waals surface area contributed by atoms with Gasteiger partial charge in [-0.2, -0.15) is 13.2 Å². The van der Waals surface area contributed by atoms with Gasteiger partial charge in [-0.3, -0.25) is 4.79 Å². The molecule has 0 radical (unpaired) electrons. The number of esters is 1. The smallest absolute Gasteiger partial charge is 0.416 e. The number of ether oxygens (including phenoxy) is 1. The fourth-order valence-electron chi connectivity index (χ4n) is 1.59. The van der Waals surface area contributed by atoms with Gasteiger partial charge in [0.2, 0.25) is 5.89 Å². The molecule has 0 bridgehead atoms. The van der Waals surface area contributed by atoms with E-state index in [2.05, 4.69) is 4.98 Å². The van der Waals surface area contributed by atoms with E-state index in [1.165, 1.54) is 31.4 Å². The van der Waals surface area contributed by atoms with E-state index in [-0.39, 0.29) is 12.5 Å². The fraction of sp³-hybridized carbons (Fsp3) is 0.200. The van der Waals surface area contributed by atoms with Crippen LogP contribution in [0.2, 0.25) is 0 Å². The molecule has 2 rings (SSSR count). The average molecular weight is 311 g/mol. The molecule has 1 heterocycles. The number of carbonyl (C=O) groups is 1. The molecule has 2 aromatic rings. The Labute approximate surface area is 124 Å². The molecule has 1 aromatic heterocycles. The second-order valence-electron chi connectivity index (χ2n) is 4.41. The Morgan fingerprint density at radius 3 is 2.55 bits per heavy atom. The molecule has 0 aliphatic carbocycles. The second-order valence-corrected chi connectivity index (χ2v) is 4.41. The largest absolute Gasteiger partial charge is 0.459 e. The number of nitrogens with zero attached hydrogens (tertiary/aromatic N) is 1. The topological polar surface area (TPSA) is 52.3 Å². The summed E-state index contributed by atoms with van der Waals surface area (Å²) >= 11 is 0. The van der Waals surface area contributed by atoms with Crippen LogP contribution in [0, 0.1) is 0 Å². The average Bonchev–Trinajstić information content (AvgIpc) is 2.90. The van der Waals surface area contributed by atoms with Gasteiger partial charge in [-0.05, 0) is 23.8 Å². The molecular formula is C15H12F3NO3. The standard InChI is InChI=1S/C15H12F3NO3/c1-10(20)21-8-13-9-22-14(19-13)7-4-11-2-5-12(6-3-11)15(16,17)18/h2-7,9H,8H2,1H3. The zero-order valence-corrected chi connectivity index (χ0v) is 11.6. The molecule has 0 spiro atoms. The lowest BCUT2D eigenvalue weighted by Gasteiger charge is -2.05. The quantitative estimate of drug-likeness (QED) is 0.803. The van der Waals surface area contributed by atoms with E-state index in [0.717, 1.165) is 12.1 Å². The van der Waals surface area contributed by atoms with Crippen molar-refractivity contribution < 1.29 is 27.1 Å². The summed E-state index contributed by atoms with van der Waals surface area (Å²) in [5.74, 6) is -0.160. The molecule has 0 aliphatic heterocycles. The number of halogens is 3. The van der Waals surface area contributed by atoms with Crippen LogP contribution >= 0.6 is 0 Å². The first-order chi connectivity index (χ1) is 10.3. The Bertz CT molecular complexity index is 672. The third kappa shape index (κ3) is 4.47. The normalized spacial score (nSPS) is 11.8. The zero-order valence-electron chi connectivity index (χ0n) is 11.6. The monoisotopic (exact) mass is 311 g/mol. The van der Waals surface area contributed by atoms with Crippen molar-refractivity contribution in [3.63, 3.8) is 0 Å². The third-order valence-electron chi connectivity index (χ3n) is 2.65. The Hall–Kier alpha value is -2.57. The number of hydrogen-bond acceptors (Lipinski definition) is 4. The lowest BCUT2D eigenvalue weighted by atomic mass is 10.1. The maximum atomic E-state index is 12.4. The van der Waals surface area contributed by atoms with E-state index in [1.807, 2.05) is 0 Å². The van der Waals surface area contributed by atoms with Crippen LogP contribution < -0.4 is 0 Å². The van der Waals surface area contributed by atoms with Gasteiger partial charge in [-0.25, -0.2) is 4.98 Å². The maximum absolute atomic E-state index is 12.4. The van der Waals surface area contributed by atoms with Crippen LogP contribution in [-0.4, -0.2) is 11.0 Å². The van der Waals surface area contributed by atoms with Crippen molar-refractivity contribution >= 4 is 18.1 Å². The van der Waals surface area contributed by atoms with Gasteiger partial charge >= 0.3 is 12.1 Å².